The van der Waals surface area contributed by atoms with Crippen LogP contribution in [0.3, 0.4) is 0 Å². The average molecular weight is 328 g/mol. The van der Waals surface area contributed by atoms with Crippen LogP contribution in [0.15, 0.2) is 22.1 Å². The van der Waals surface area contributed by atoms with E-state index in [2.05, 4.69) is 65.4 Å². The number of aryl methyl sites for hydroxylation is 1. The van der Waals surface area contributed by atoms with E-state index < -0.39 is 0 Å². The number of halogens is 1. The molecule has 0 aliphatic heterocycles. The van der Waals surface area contributed by atoms with Gasteiger partial charge in [-0.15, -0.1) is 11.3 Å². The maximum absolute atomic E-state index is 4.56. The smallest absolute Gasteiger partial charge is 0.107 e. The van der Waals surface area contributed by atoms with Crippen molar-refractivity contribution in [1.82, 2.24) is 15.1 Å². The second kappa shape index (κ2) is 5.15. The van der Waals surface area contributed by atoms with E-state index in [1.807, 2.05) is 11.7 Å². The summed E-state index contributed by atoms with van der Waals surface area (Å²) in [5.41, 5.74) is 2.43. The summed E-state index contributed by atoms with van der Waals surface area (Å²) >= 11 is 5.21. The van der Waals surface area contributed by atoms with E-state index in [-0.39, 0.29) is 5.54 Å². The van der Waals surface area contributed by atoms with Gasteiger partial charge in [-0.2, -0.15) is 5.10 Å². The molecular formula is C13H18BrN3S. The SMILES string of the molecule is Cn1cc(CNC(C)(C)C)c(-c2ccc(Br)s2)n1. The molecule has 0 aromatic carbocycles. The number of hydrogen-bond acceptors (Lipinski definition) is 3. The molecule has 0 aliphatic carbocycles. The van der Waals surface area contributed by atoms with E-state index in [0.29, 0.717) is 0 Å². The van der Waals surface area contributed by atoms with Crippen LogP contribution in [0.5, 0.6) is 0 Å². The van der Waals surface area contributed by atoms with E-state index in [1.165, 1.54) is 10.4 Å². The van der Waals surface area contributed by atoms with Crippen molar-refractivity contribution in [3.05, 3.63) is 27.7 Å². The number of aromatic nitrogens is 2. The third-order valence-corrected chi connectivity index (χ3v) is 4.15. The summed E-state index contributed by atoms with van der Waals surface area (Å²) < 4.78 is 3.01. The molecule has 0 aliphatic rings. The Kier molecular flexibility index (Phi) is 3.94. The lowest BCUT2D eigenvalue weighted by Crippen LogP contribution is -2.35. The molecule has 0 saturated carbocycles. The zero-order valence-electron chi connectivity index (χ0n) is 11.1. The van der Waals surface area contributed by atoms with Gasteiger partial charge >= 0.3 is 0 Å². The highest BCUT2D eigenvalue weighted by atomic mass is 79.9. The number of thiophene rings is 1. The molecule has 0 spiro atoms. The average Bonchev–Trinajstić information content (AvgIpc) is 2.80. The quantitative estimate of drug-likeness (QED) is 0.929. The van der Waals surface area contributed by atoms with Crippen LogP contribution < -0.4 is 5.32 Å². The number of nitrogens with one attached hydrogen (secondary N) is 1. The molecule has 2 heterocycles. The fourth-order valence-corrected chi connectivity index (χ4v) is 3.08. The summed E-state index contributed by atoms with van der Waals surface area (Å²) in [5, 5.41) is 8.07. The Morgan fingerprint density at radius 3 is 2.67 bits per heavy atom. The lowest BCUT2D eigenvalue weighted by atomic mass is 10.1. The molecule has 5 heteroatoms. The highest BCUT2D eigenvalue weighted by Gasteiger charge is 2.15. The molecule has 2 rings (SSSR count). The van der Waals surface area contributed by atoms with Crippen LogP contribution in [0.1, 0.15) is 26.3 Å². The molecule has 0 unspecified atom stereocenters. The Balaban J connectivity index is 2.26. The Labute approximate surface area is 120 Å². The van der Waals surface area contributed by atoms with Crippen LogP contribution in [-0.4, -0.2) is 15.3 Å². The molecule has 0 amide bonds. The second-order valence-corrected chi connectivity index (χ2v) is 7.85. The zero-order valence-corrected chi connectivity index (χ0v) is 13.5. The van der Waals surface area contributed by atoms with Gasteiger partial charge in [-0.3, -0.25) is 4.68 Å². The highest BCUT2D eigenvalue weighted by molar-refractivity contribution is 9.11. The van der Waals surface area contributed by atoms with Gasteiger partial charge in [-0.05, 0) is 48.8 Å². The summed E-state index contributed by atoms with van der Waals surface area (Å²) in [6.07, 6.45) is 2.09. The summed E-state index contributed by atoms with van der Waals surface area (Å²) in [6.45, 7) is 7.35. The zero-order chi connectivity index (χ0) is 13.3. The molecule has 0 fully saturated rings. The minimum absolute atomic E-state index is 0.114. The van der Waals surface area contributed by atoms with Crippen LogP contribution in [-0.2, 0) is 13.6 Å². The second-order valence-electron chi connectivity index (χ2n) is 5.38. The third-order valence-electron chi connectivity index (χ3n) is 2.52. The maximum Gasteiger partial charge on any atom is 0.107 e. The summed E-state index contributed by atoms with van der Waals surface area (Å²) in [6, 6.07) is 4.17. The Bertz CT molecular complexity index is 537. The Morgan fingerprint density at radius 2 is 2.11 bits per heavy atom. The van der Waals surface area contributed by atoms with Crippen molar-refractivity contribution in [2.75, 3.05) is 0 Å². The van der Waals surface area contributed by atoms with Gasteiger partial charge in [-0.25, -0.2) is 0 Å². The number of nitrogens with zero attached hydrogens (tertiary/aromatic N) is 2. The van der Waals surface area contributed by atoms with Gasteiger partial charge in [0.2, 0.25) is 0 Å². The monoisotopic (exact) mass is 327 g/mol. The minimum atomic E-state index is 0.114. The van der Waals surface area contributed by atoms with Gasteiger partial charge in [0, 0.05) is 30.9 Å². The van der Waals surface area contributed by atoms with Gasteiger partial charge in [0.25, 0.3) is 0 Å². The first-order valence-corrected chi connectivity index (χ1v) is 7.49. The fraction of sp³-hybridized carbons (Fsp3) is 0.462. The molecule has 0 saturated heterocycles. The molecule has 98 valence electrons. The molecule has 0 radical (unpaired) electrons. The predicted octanol–water partition coefficient (Wildman–Crippen LogP) is 3.80. The maximum atomic E-state index is 4.56. The largest absolute Gasteiger partial charge is 0.308 e. The third kappa shape index (κ3) is 3.43. The fourth-order valence-electron chi connectivity index (χ4n) is 1.68. The minimum Gasteiger partial charge on any atom is -0.308 e. The standard InChI is InChI=1S/C13H18BrN3S/c1-13(2,3)15-7-9-8-17(4)16-12(9)10-5-6-11(14)18-10/h5-6,8,15H,7H2,1-4H3. The molecule has 2 aromatic rings. The lowest BCUT2D eigenvalue weighted by Gasteiger charge is -2.20. The molecule has 1 N–H and O–H groups in total. The van der Waals surface area contributed by atoms with Crippen molar-refractivity contribution in [2.24, 2.45) is 7.05 Å². The molecular weight excluding hydrogens is 310 g/mol. The van der Waals surface area contributed by atoms with E-state index in [1.54, 1.807) is 11.3 Å². The van der Waals surface area contributed by atoms with E-state index in [0.717, 1.165) is 16.0 Å². The van der Waals surface area contributed by atoms with Crippen molar-refractivity contribution in [1.29, 1.82) is 0 Å². The van der Waals surface area contributed by atoms with Crippen molar-refractivity contribution < 1.29 is 0 Å². The van der Waals surface area contributed by atoms with E-state index >= 15 is 0 Å². The van der Waals surface area contributed by atoms with Crippen molar-refractivity contribution in [3.63, 3.8) is 0 Å². The van der Waals surface area contributed by atoms with Crippen LogP contribution in [0.2, 0.25) is 0 Å². The van der Waals surface area contributed by atoms with E-state index in [4.69, 9.17) is 0 Å². The molecule has 0 bridgehead atoms. The van der Waals surface area contributed by atoms with E-state index in [9.17, 15) is 0 Å². The van der Waals surface area contributed by atoms with Crippen molar-refractivity contribution in [2.45, 2.75) is 32.9 Å². The summed E-state index contributed by atoms with van der Waals surface area (Å²) in [4.78, 5) is 1.20. The van der Waals surface area contributed by atoms with Crippen LogP contribution >= 0.6 is 27.3 Å². The molecule has 3 nitrogen and oxygen atoms in total. The van der Waals surface area contributed by atoms with Gasteiger partial charge in [0.1, 0.15) is 5.69 Å². The normalized spacial score (nSPS) is 12.1. The first kappa shape index (κ1) is 13.8. The number of rotatable bonds is 3. The number of hydrogen-bond donors (Lipinski definition) is 1. The predicted molar refractivity (Wildman–Crippen MR) is 80.8 cm³/mol. The lowest BCUT2D eigenvalue weighted by molar-refractivity contribution is 0.424. The molecule has 18 heavy (non-hydrogen) atoms. The van der Waals surface area contributed by atoms with Gasteiger partial charge in [0.15, 0.2) is 0 Å². The molecule has 2 aromatic heterocycles. The van der Waals surface area contributed by atoms with Gasteiger partial charge in [-0.1, -0.05) is 0 Å². The van der Waals surface area contributed by atoms with Gasteiger partial charge < -0.3 is 5.32 Å². The Morgan fingerprint density at radius 1 is 1.39 bits per heavy atom. The summed E-state index contributed by atoms with van der Waals surface area (Å²) in [7, 11) is 1.97. The highest BCUT2D eigenvalue weighted by Crippen LogP contribution is 2.32. The van der Waals surface area contributed by atoms with Crippen molar-refractivity contribution >= 4 is 27.3 Å². The topological polar surface area (TPSA) is 29.9 Å². The van der Waals surface area contributed by atoms with Crippen LogP contribution in [0.25, 0.3) is 10.6 Å². The summed E-state index contributed by atoms with van der Waals surface area (Å²) in [5.74, 6) is 0. The van der Waals surface area contributed by atoms with Crippen molar-refractivity contribution in [3.8, 4) is 10.6 Å². The molecule has 0 atom stereocenters. The first-order chi connectivity index (χ1) is 8.35. The van der Waals surface area contributed by atoms with Crippen LogP contribution in [0, 0.1) is 0 Å². The first-order valence-electron chi connectivity index (χ1n) is 5.88. The van der Waals surface area contributed by atoms with Gasteiger partial charge in [0.05, 0.1) is 8.66 Å². The Hall–Kier alpha value is -0.650. The van der Waals surface area contributed by atoms with Crippen LogP contribution in [0.4, 0.5) is 0 Å².